The van der Waals surface area contributed by atoms with Gasteiger partial charge in [0, 0.05) is 12.0 Å². The monoisotopic (exact) mass is 211 g/mol. The molecule has 0 amide bonds. The summed E-state index contributed by atoms with van der Waals surface area (Å²) in [6, 6.07) is 0. The van der Waals surface area contributed by atoms with Gasteiger partial charge in [-0.05, 0) is 33.1 Å². The molecular formula is C12H21NO2. The Morgan fingerprint density at radius 1 is 1.47 bits per heavy atom. The van der Waals surface area contributed by atoms with Gasteiger partial charge < -0.3 is 9.94 Å². The first-order valence-electron chi connectivity index (χ1n) is 5.76. The Morgan fingerprint density at radius 3 is 2.80 bits per heavy atom. The Kier molecular flexibility index (Phi) is 4.66. The van der Waals surface area contributed by atoms with E-state index in [1.807, 2.05) is 6.92 Å². The van der Waals surface area contributed by atoms with Crippen molar-refractivity contribution in [3.05, 3.63) is 11.3 Å². The van der Waals surface area contributed by atoms with Gasteiger partial charge in [0.05, 0.1) is 11.8 Å². The molecule has 1 rings (SSSR count). The smallest absolute Gasteiger partial charge is 0.101 e. The van der Waals surface area contributed by atoms with Crippen molar-refractivity contribution in [1.29, 1.82) is 0 Å². The minimum atomic E-state index is 0.262. The van der Waals surface area contributed by atoms with Gasteiger partial charge in [-0.25, -0.2) is 0 Å². The molecule has 3 heteroatoms. The number of ether oxygens (including phenoxy) is 1. The molecule has 0 aromatic heterocycles. The highest BCUT2D eigenvalue weighted by Gasteiger charge is 2.18. The molecule has 0 aromatic rings. The van der Waals surface area contributed by atoms with Gasteiger partial charge in [0.25, 0.3) is 0 Å². The molecule has 0 saturated carbocycles. The molecule has 1 aliphatic carbocycles. The minimum Gasteiger partial charge on any atom is -0.495 e. The third-order valence-electron chi connectivity index (χ3n) is 2.83. The summed E-state index contributed by atoms with van der Waals surface area (Å²) in [5.41, 5.74) is 1.80. The molecule has 1 aliphatic rings. The van der Waals surface area contributed by atoms with Gasteiger partial charge in [-0.15, -0.1) is 0 Å². The quantitative estimate of drug-likeness (QED) is 0.571. The molecular weight excluding hydrogens is 190 g/mol. The lowest BCUT2D eigenvalue weighted by Gasteiger charge is -2.23. The zero-order chi connectivity index (χ0) is 11.3. The lowest BCUT2D eigenvalue weighted by Crippen LogP contribution is -2.16. The number of rotatable bonds is 4. The van der Waals surface area contributed by atoms with E-state index >= 15 is 0 Å². The van der Waals surface area contributed by atoms with Crippen molar-refractivity contribution in [3.63, 3.8) is 0 Å². The van der Waals surface area contributed by atoms with Crippen molar-refractivity contribution < 1.29 is 9.94 Å². The van der Waals surface area contributed by atoms with Crippen LogP contribution in [0.3, 0.4) is 0 Å². The van der Waals surface area contributed by atoms with Crippen molar-refractivity contribution in [3.8, 4) is 0 Å². The van der Waals surface area contributed by atoms with E-state index in [9.17, 15) is 0 Å². The second-order valence-electron chi connectivity index (χ2n) is 4.17. The number of allylic oxidation sites excluding steroid dienone is 2. The molecule has 0 fully saturated rings. The van der Waals surface area contributed by atoms with Crippen LogP contribution in [-0.2, 0) is 4.74 Å². The van der Waals surface area contributed by atoms with E-state index in [0.29, 0.717) is 0 Å². The van der Waals surface area contributed by atoms with Crippen LogP contribution in [0.1, 0.15) is 52.9 Å². The van der Waals surface area contributed by atoms with Crippen molar-refractivity contribution in [2.24, 2.45) is 5.16 Å². The van der Waals surface area contributed by atoms with Crippen LogP contribution in [0.2, 0.25) is 0 Å². The second kappa shape index (κ2) is 5.79. The van der Waals surface area contributed by atoms with Gasteiger partial charge in [-0.1, -0.05) is 18.5 Å². The van der Waals surface area contributed by atoms with Gasteiger partial charge in [0.15, 0.2) is 0 Å². The third kappa shape index (κ3) is 3.26. The zero-order valence-electron chi connectivity index (χ0n) is 9.92. The maximum atomic E-state index is 8.81. The average molecular weight is 211 g/mol. The predicted octanol–water partition coefficient (Wildman–Crippen LogP) is 3.48. The van der Waals surface area contributed by atoms with Crippen LogP contribution in [0.25, 0.3) is 0 Å². The van der Waals surface area contributed by atoms with Crippen molar-refractivity contribution >= 4 is 5.71 Å². The van der Waals surface area contributed by atoms with Crippen LogP contribution in [0, 0.1) is 0 Å². The highest BCUT2D eigenvalue weighted by atomic mass is 16.5. The maximum absolute atomic E-state index is 8.81. The highest BCUT2D eigenvalue weighted by molar-refractivity contribution is 6.00. The first kappa shape index (κ1) is 12.1. The summed E-state index contributed by atoms with van der Waals surface area (Å²) in [5, 5.41) is 12.1. The molecule has 1 N–H and O–H groups in total. The van der Waals surface area contributed by atoms with Gasteiger partial charge >= 0.3 is 0 Å². The Balaban J connectivity index is 2.67. The van der Waals surface area contributed by atoms with E-state index in [-0.39, 0.29) is 6.10 Å². The topological polar surface area (TPSA) is 41.8 Å². The van der Waals surface area contributed by atoms with Crippen LogP contribution in [0.15, 0.2) is 16.5 Å². The number of nitrogens with zero attached hydrogens (tertiary/aromatic N) is 1. The number of oxime groups is 1. The molecule has 1 atom stereocenters. The van der Waals surface area contributed by atoms with Gasteiger partial charge in [-0.3, -0.25) is 0 Å². The highest BCUT2D eigenvalue weighted by Crippen LogP contribution is 2.25. The van der Waals surface area contributed by atoms with E-state index < -0.39 is 0 Å². The van der Waals surface area contributed by atoms with Crippen LogP contribution in [0.4, 0.5) is 0 Å². The van der Waals surface area contributed by atoms with Crippen molar-refractivity contribution in [1.82, 2.24) is 0 Å². The van der Waals surface area contributed by atoms with Crippen LogP contribution in [0.5, 0.6) is 0 Å². The molecule has 0 bridgehead atoms. The van der Waals surface area contributed by atoms with Crippen LogP contribution in [-0.4, -0.2) is 17.0 Å². The molecule has 0 heterocycles. The standard InChI is InChI=1S/C12H21NO2/c1-4-6-9(2)15-12-8-5-7-11(13-14)10(12)3/h9,14H,4-8H2,1-3H3. The van der Waals surface area contributed by atoms with Gasteiger partial charge in [-0.2, -0.15) is 0 Å². The Labute approximate surface area is 91.8 Å². The second-order valence-corrected chi connectivity index (χ2v) is 4.17. The lowest BCUT2D eigenvalue weighted by molar-refractivity contribution is 0.113. The molecule has 15 heavy (non-hydrogen) atoms. The van der Waals surface area contributed by atoms with E-state index in [2.05, 4.69) is 19.0 Å². The Morgan fingerprint density at radius 2 is 2.20 bits per heavy atom. The maximum Gasteiger partial charge on any atom is 0.101 e. The summed E-state index contributed by atoms with van der Waals surface area (Å²) in [6.07, 6.45) is 5.32. The first-order valence-corrected chi connectivity index (χ1v) is 5.76. The SMILES string of the molecule is CCCC(C)OC1=C(C)C(=NO)CCC1. The van der Waals surface area contributed by atoms with Crippen molar-refractivity contribution in [2.45, 2.75) is 59.0 Å². The molecule has 86 valence electrons. The van der Waals surface area contributed by atoms with Gasteiger partial charge in [0.2, 0.25) is 0 Å². The molecule has 0 spiro atoms. The number of hydrogen-bond donors (Lipinski definition) is 1. The Bertz CT molecular complexity index is 269. The summed E-state index contributed by atoms with van der Waals surface area (Å²) < 4.78 is 5.86. The third-order valence-corrected chi connectivity index (χ3v) is 2.83. The summed E-state index contributed by atoms with van der Waals surface area (Å²) in [5.74, 6) is 1.01. The van der Waals surface area contributed by atoms with Crippen molar-refractivity contribution in [2.75, 3.05) is 0 Å². The van der Waals surface area contributed by atoms with E-state index in [0.717, 1.165) is 49.1 Å². The normalized spacial score (nSPS) is 21.9. The molecule has 0 aromatic carbocycles. The molecule has 0 saturated heterocycles. The summed E-state index contributed by atoms with van der Waals surface area (Å²) >= 11 is 0. The van der Waals surface area contributed by atoms with E-state index in [1.54, 1.807) is 0 Å². The summed E-state index contributed by atoms with van der Waals surface area (Å²) in [7, 11) is 0. The van der Waals surface area contributed by atoms with E-state index in [1.165, 1.54) is 0 Å². The van der Waals surface area contributed by atoms with Crippen LogP contribution >= 0.6 is 0 Å². The average Bonchev–Trinajstić information content (AvgIpc) is 2.21. The van der Waals surface area contributed by atoms with E-state index in [4.69, 9.17) is 9.94 Å². The first-order chi connectivity index (χ1) is 7.19. The summed E-state index contributed by atoms with van der Waals surface area (Å²) in [6.45, 7) is 6.22. The fourth-order valence-corrected chi connectivity index (χ4v) is 1.93. The lowest BCUT2D eigenvalue weighted by atomic mass is 9.96. The molecule has 3 nitrogen and oxygen atoms in total. The summed E-state index contributed by atoms with van der Waals surface area (Å²) in [4.78, 5) is 0. The molecule has 0 aliphatic heterocycles. The fourth-order valence-electron chi connectivity index (χ4n) is 1.93. The molecule has 1 unspecified atom stereocenters. The Hall–Kier alpha value is -0.990. The zero-order valence-corrected chi connectivity index (χ0v) is 9.92. The fraction of sp³-hybridized carbons (Fsp3) is 0.750. The number of hydrogen-bond acceptors (Lipinski definition) is 3. The minimum absolute atomic E-state index is 0.262. The predicted molar refractivity (Wildman–Crippen MR) is 61.2 cm³/mol. The van der Waals surface area contributed by atoms with Crippen LogP contribution < -0.4 is 0 Å². The largest absolute Gasteiger partial charge is 0.495 e. The van der Waals surface area contributed by atoms with Gasteiger partial charge in [0.1, 0.15) is 5.76 Å². The molecule has 0 radical (unpaired) electrons.